The summed E-state index contributed by atoms with van der Waals surface area (Å²) in [6.07, 6.45) is 0. The van der Waals surface area contributed by atoms with Gasteiger partial charge in [-0.25, -0.2) is 9.98 Å². The third kappa shape index (κ3) is 5.32. The molecule has 0 atom stereocenters. The first-order chi connectivity index (χ1) is 11.6. The number of methoxy groups -OCH3 is 1. The normalized spacial score (nSPS) is 11.6. The van der Waals surface area contributed by atoms with E-state index in [4.69, 9.17) is 4.74 Å². The molecule has 5 nitrogen and oxygen atoms in total. The van der Waals surface area contributed by atoms with Crippen molar-refractivity contribution in [2.45, 2.75) is 40.5 Å². The minimum Gasteiger partial charge on any atom is -0.380 e. The van der Waals surface area contributed by atoms with Crippen LogP contribution in [0.4, 0.5) is 0 Å². The second kappa shape index (κ2) is 9.39. The Labute approximate surface area is 148 Å². The maximum atomic E-state index is 5.26. The highest BCUT2D eigenvalue weighted by Gasteiger charge is 2.06. The van der Waals surface area contributed by atoms with Crippen molar-refractivity contribution in [3.63, 3.8) is 0 Å². The van der Waals surface area contributed by atoms with E-state index in [2.05, 4.69) is 46.6 Å². The highest BCUT2D eigenvalue weighted by molar-refractivity contribution is 7.11. The summed E-state index contributed by atoms with van der Waals surface area (Å²) < 4.78 is 5.26. The number of rotatable bonds is 7. The van der Waals surface area contributed by atoms with Crippen molar-refractivity contribution >= 4 is 17.3 Å². The van der Waals surface area contributed by atoms with Crippen molar-refractivity contribution in [1.82, 2.24) is 15.6 Å². The molecule has 1 aromatic heterocycles. The number of guanidine groups is 1. The lowest BCUT2D eigenvalue weighted by Gasteiger charge is -2.11. The predicted octanol–water partition coefficient (Wildman–Crippen LogP) is 3.16. The zero-order chi connectivity index (χ0) is 17.4. The van der Waals surface area contributed by atoms with Crippen LogP contribution in [0.2, 0.25) is 0 Å². The third-order valence-electron chi connectivity index (χ3n) is 3.65. The molecule has 0 spiro atoms. The maximum Gasteiger partial charge on any atom is 0.191 e. The number of nitrogens with zero attached hydrogens (tertiary/aromatic N) is 2. The van der Waals surface area contributed by atoms with Crippen molar-refractivity contribution in [3.8, 4) is 0 Å². The predicted molar refractivity (Wildman–Crippen MR) is 100 cm³/mol. The molecule has 130 valence electrons. The van der Waals surface area contributed by atoms with Crippen molar-refractivity contribution in [3.05, 3.63) is 51.0 Å². The van der Waals surface area contributed by atoms with Gasteiger partial charge in [-0.2, -0.15) is 0 Å². The number of aliphatic imine (C=N–C) groups is 1. The molecule has 0 amide bonds. The van der Waals surface area contributed by atoms with Gasteiger partial charge in [0.05, 0.1) is 25.4 Å². The molecule has 0 aliphatic heterocycles. The molecule has 0 aliphatic rings. The molecule has 2 N–H and O–H groups in total. The zero-order valence-electron chi connectivity index (χ0n) is 14.8. The van der Waals surface area contributed by atoms with Crippen LogP contribution in [0.1, 0.15) is 33.6 Å². The molecule has 0 aliphatic carbocycles. The first-order valence-corrected chi connectivity index (χ1v) is 8.96. The van der Waals surface area contributed by atoms with Crippen molar-refractivity contribution in [2.75, 3.05) is 13.7 Å². The van der Waals surface area contributed by atoms with Crippen LogP contribution in [0, 0.1) is 13.8 Å². The molecule has 0 radical (unpaired) electrons. The molecule has 0 unspecified atom stereocenters. The number of hydrogen-bond acceptors (Lipinski definition) is 4. The molecular weight excluding hydrogens is 320 g/mol. The highest BCUT2D eigenvalue weighted by atomic mass is 32.1. The van der Waals surface area contributed by atoms with Gasteiger partial charge in [0.1, 0.15) is 5.01 Å². The van der Waals surface area contributed by atoms with E-state index >= 15 is 0 Å². The van der Waals surface area contributed by atoms with Gasteiger partial charge >= 0.3 is 0 Å². The summed E-state index contributed by atoms with van der Waals surface area (Å²) >= 11 is 1.73. The fourth-order valence-corrected chi connectivity index (χ4v) is 3.16. The number of hydrogen-bond donors (Lipinski definition) is 2. The average Bonchev–Trinajstić information content (AvgIpc) is 2.90. The maximum absolute atomic E-state index is 5.26. The second-order valence-corrected chi connectivity index (χ2v) is 6.79. The Bertz CT molecular complexity index is 662. The summed E-state index contributed by atoms with van der Waals surface area (Å²) in [6, 6.07) is 8.23. The van der Waals surface area contributed by atoms with Crippen molar-refractivity contribution in [2.24, 2.45) is 4.99 Å². The lowest BCUT2D eigenvalue weighted by atomic mass is 10.1. The molecule has 24 heavy (non-hydrogen) atoms. The van der Waals surface area contributed by atoms with Crippen LogP contribution in [-0.2, 0) is 24.4 Å². The topological polar surface area (TPSA) is 58.5 Å². The Morgan fingerprint density at radius 2 is 1.96 bits per heavy atom. The summed E-state index contributed by atoms with van der Waals surface area (Å²) in [5.41, 5.74) is 3.45. The van der Waals surface area contributed by atoms with Crippen LogP contribution < -0.4 is 10.6 Å². The fourth-order valence-electron chi connectivity index (χ4n) is 2.29. The number of benzene rings is 1. The Morgan fingerprint density at radius 3 is 2.58 bits per heavy atom. The van der Waals surface area contributed by atoms with Gasteiger partial charge in [-0.1, -0.05) is 24.3 Å². The van der Waals surface area contributed by atoms with E-state index in [1.54, 1.807) is 18.4 Å². The Morgan fingerprint density at radius 1 is 1.21 bits per heavy atom. The molecular formula is C18H26N4OS. The first-order valence-electron chi connectivity index (χ1n) is 8.14. The smallest absolute Gasteiger partial charge is 0.191 e. The van der Waals surface area contributed by atoms with E-state index in [9.17, 15) is 0 Å². The van der Waals surface area contributed by atoms with Crippen LogP contribution >= 0.6 is 11.3 Å². The van der Waals surface area contributed by atoms with E-state index in [0.29, 0.717) is 19.7 Å². The van der Waals surface area contributed by atoms with Crippen LogP contribution in [-0.4, -0.2) is 24.6 Å². The molecule has 6 heteroatoms. The van der Waals surface area contributed by atoms with Crippen molar-refractivity contribution in [1.29, 1.82) is 0 Å². The standard InChI is InChI=1S/C18H26N4OS/c1-5-19-18(21-11-17-22-13(2)14(3)24-17)20-10-15-8-6-7-9-16(15)12-23-4/h6-9H,5,10-12H2,1-4H3,(H2,19,20,21). The van der Waals surface area contributed by atoms with Crippen LogP contribution in [0.5, 0.6) is 0 Å². The number of nitrogens with one attached hydrogen (secondary N) is 2. The molecule has 0 saturated heterocycles. The summed E-state index contributed by atoms with van der Waals surface area (Å²) in [6.45, 7) is 8.93. The molecule has 2 aromatic rings. The van der Waals surface area contributed by atoms with Gasteiger partial charge in [0.15, 0.2) is 5.96 Å². The number of aromatic nitrogens is 1. The van der Waals surface area contributed by atoms with Crippen molar-refractivity contribution < 1.29 is 4.74 Å². The first kappa shape index (κ1) is 18.4. The summed E-state index contributed by atoms with van der Waals surface area (Å²) in [4.78, 5) is 10.5. The fraction of sp³-hybridized carbons (Fsp3) is 0.444. The molecule has 0 bridgehead atoms. The largest absolute Gasteiger partial charge is 0.380 e. The van der Waals surface area contributed by atoms with Gasteiger partial charge in [-0.05, 0) is 31.9 Å². The van der Waals surface area contributed by atoms with Gasteiger partial charge in [-0.3, -0.25) is 0 Å². The summed E-state index contributed by atoms with van der Waals surface area (Å²) in [7, 11) is 1.71. The third-order valence-corrected chi connectivity index (χ3v) is 4.72. The Kier molecular flexibility index (Phi) is 7.21. The lowest BCUT2D eigenvalue weighted by molar-refractivity contribution is 0.184. The van der Waals surface area contributed by atoms with E-state index in [1.165, 1.54) is 16.0 Å². The summed E-state index contributed by atoms with van der Waals surface area (Å²) in [5.74, 6) is 0.801. The van der Waals surface area contributed by atoms with Gasteiger partial charge in [0.2, 0.25) is 0 Å². The molecule has 1 heterocycles. The van der Waals surface area contributed by atoms with E-state index < -0.39 is 0 Å². The monoisotopic (exact) mass is 346 g/mol. The van der Waals surface area contributed by atoms with Crippen LogP contribution in [0.25, 0.3) is 0 Å². The Balaban J connectivity index is 2.02. The van der Waals surface area contributed by atoms with Gasteiger partial charge in [0, 0.05) is 18.5 Å². The van der Waals surface area contributed by atoms with Crippen LogP contribution in [0.15, 0.2) is 29.3 Å². The van der Waals surface area contributed by atoms with Gasteiger partial charge in [-0.15, -0.1) is 11.3 Å². The van der Waals surface area contributed by atoms with E-state index in [1.807, 2.05) is 19.1 Å². The van der Waals surface area contributed by atoms with E-state index in [0.717, 1.165) is 23.2 Å². The van der Waals surface area contributed by atoms with Gasteiger partial charge < -0.3 is 15.4 Å². The van der Waals surface area contributed by atoms with Crippen LogP contribution in [0.3, 0.4) is 0 Å². The molecule has 1 aromatic carbocycles. The zero-order valence-corrected chi connectivity index (χ0v) is 15.7. The minimum atomic E-state index is 0.604. The SMILES string of the molecule is CCNC(=NCc1ccccc1COC)NCc1nc(C)c(C)s1. The van der Waals surface area contributed by atoms with Gasteiger partial charge in [0.25, 0.3) is 0 Å². The van der Waals surface area contributed by atoms with E-state index in [-0.39, 0.29) is 0 Å². The minimum absolute atomic E-state index is 0.604. The highest BCUT2D eigenvalue weighted by Crippen LogP contribution is 2.16. The second-order valence-electron chi connectivity index (χ2n) is 5.50. The number of ether oxygens (including phenoxy) is 1. The Hall–Kier alpha value is -1.92. The number of thiazole rings is 1. The molecule has 0 saturated carbocycles. The summed E-state index contributed by atoms with van der Waals surface area (Å²) in [5, 5.41) is 7.71. The lowest BCUT2D eigenvalue weighted by Crippen LogP contribution is -2.36. The molecule has 2 rings (SSSR count). The quantitative estimate of drug-likeness (QED) is 0.597. The molecule has 0 fully saturated rings. The average molecular weight is 347 g/mol. The number of aryl methyl sites for hydroxylation is 2.